The summed E-state index contributed by atoms with van der Waals surface area (Å²) in [6.45, 7) is 2.67. The van der Waals surface area contributed by atoms with Gasteiger partial charge in [0.15, 0.2) is 11.6 Å². The van der Waals surface area contributed by atoms with Gasteiger partial charge in [0.2, 0.25) is 0 Å². The van der Waals surface area contributed by atoms with E-state index in [0.717, 1.165) is 0 Å². The van der Waals surface area contributed by atoms with E-state index in [1.165, 1.54) is 0 Å². The first-order chi connectivity index (χ1) is 7.77. The Morgan fingerprint density at radius 2 is 2.38 bits per heavy atom. The maximum atomic E-state index is 11.1. The number of nitrogens with one attached hydrogen (secondary N) is 1. The summed E-state index contributed by atoms with van der Waals surface area (Å²) in [7, 11) is 1.58. The summed E-state index contributed by atoms with van der Waals surface area (Å²) in [5.41, 5.74) is 0. The molecule has 16 heavy (non-hydrogen) atoms. The van der Waals surface area contributed by atoms with Crippen molar-refractivity contribution >= 4 is 11.8 Å². The standard InChI is InChI=1S/C11H16N2O3/c1-3-16-10(14)6-8-13-11-9(15-2)5-4-7-12-11/h4-5,7H,3,6,8H2,1-2H3,(H,12,13). The van der Waals surface area contributed by atoms with Crippen LogP contribution in [0.3, 0.4) is 0 Å². The lowest BCUT2D eigenvalue weighted by Gasteiger charge is -2.08. The summed E-state index contributed by atoms with van der Waals surface area (Å²) in [5, 5.41) is 3.02. The third-order valence-electron chi connectivity index (χ3n) is 1.92. The Bertz CT molecular complexity index is 342. The molecule has 1 rings (SSSR count). The van der Waals surface area contributed by atoms with E-state index in [-0.39, 0.29) is 5.97 Å². The van der Waals surface area contributed by atoms with Crippen LogP contribution in [-0.4, -0.2) is 31.2 Å². The molecule has 0 radical (unpaired) electrons. The van der Waals surface area contributed by atoms with Crippen LogP contribution in [0.5, 0.6) is 5.75 Å². The Morgan fingerprint density at radius 1 is 1.56 bits per heavy atom. The number of pyridine rings is 1. The van der Waals surface area contributed by atoms with Gasteiger partial charge < -0.3 is 14.8 Å². The van der Waals surface area contributed by atoms with E-state index in [0.29, 0.717) is 31.1 Å². The number of ether oxygens (including phenoxy) is 2. The van der Waals surface area contributed by atoms with Crippen LogP contribution in [0.15, 0.2) is 18.3 Å². The number of hydrogen-bond donors (Lipinski definition) is 1. The lowest BCUT2D eigenvalue weighted by molar-refractivity contribution is -0.142. The van der Waals surface area contributed by atoms with Gasteiger partial charge in [0.05, 0.1) is 20.1 Å². The Kier molecular flexibility index (Phi) is 5.11. The number of aromatic nitrogens is 1. The van der Waals surface area contributed by atoms with E-state index in [4.69, 9.17) is 9.47 Å². The van der Waals surface area contributed by atoms with E-state index < -0.39 is 0 Å². The van der Waals surface area contributed by atoms with Crippen molar-refractivity contribution in [3.63, 3.8) is 0 Å². The summed E-state index contributed by atoms with van der Waals surface area (Å²) < 4.78 is 9.91. The summed E-state index contributed by atoms with van der Waals surface area (Å²) >= 11 is 0. The van der Waals surface area contributed by atoms with Crippen LogP contribution in [-0.2, 0) is 9.53 Å². The molecule has 0 unspecified atom stereocenters. The average molecular weight is 224 g/mol. The van der Waals surface area contributed by atoms with E-state index in [1.807, 2.05) is 0 Å². The fourth-order valence-corrected chi connectivity index (χ4v) is 1.20. The summed E-state index contributed by atoms with van der Waals surface area (Å²) in [5.74, 6) is 1.07. The third-order valence-corrected chi connectivity index (χ3v) is 1.92. The maximum absolute atomic E-state index is 11.1. The molecule has 1 heterocycles. The van der Waals surface area contributed by atoms with Crippen LogP contribution in [0.1, 0.15) is 13.3 Å². The molecule has 1 aromatic heterocycles. The molecule has 88 valence electrons. The van der Waals surface area contributed by atoms with E-state index >= 15 is 0 Å². The van der Waals surface area contributed by atoms with Gasteiger partial charge in [0, 0.05) is 12.7 Å². The highest BCUT2D eigenvalue weighted by molar-refractivity contribution is 5.70. The number of carbonyl (C=O) groups excluding carboxylic acids is 1. The fourth-order valence-electron chi connectivity index (χ4n) is 1.20. The molecule has 0 spiro atoms. The van der Waals surface area contributed by atoms with Gasteiger partial charge in [-0.25, -0.2) is 4.98 Å². The number of carbonyl (C=O) groups is 1. The second-order valence-electron chi connectivity index (χ2n) is 3.04. The third kappa shape index (κ3) is 3.76. The highest BCUT2D eigenvalue weighted by Gasteiger charge is 2.04. The van der Waals surface area contributed by atoms with Crippen molar-refractivity contribution in [3.05, 3.63) is 18.3 Å². The molecule has 5 nitrogen and oxygen atoms in total. The number of nitrogens with zero attached hydrogens (tertiary/aromatic N) is 1. The minimum atomic E-state index is -0.218. The lowest BCUT2D eigenvalue weighted by Crippen LogP contribution is -2.12. The Labute approximate surface area is 94.8 Å². The quantitative estimate of drug-likeness (QED) is 0.741. The van der Waals surface area contributed by atoms with Crippen LogP contribution < -0.4 is 10.1 Å². The first kappa shape index (κ1) is 12.3. The smallest absolute Gasteiger partial charge is 0.307 e. The Hall–Kier alpha value is -1.78. The van der Waals surface area contributed by atoms with Crippen LogP contribution in [0.2, 0.25) is 0 Å². The topological polar surface area (TPSA) is 60.5 Å². The van der Waals surface area contributed by atoms with Gasteiger partial charge in [-0.05, 0) is 19.1 Å². The second kappa shape index (κ2) is 6.66. The number of esters is 1. The van der Waals surface area contributed by atoms with Crippen molar-refractivity contribution in [2.24, 2.45) is 0 Å². The normalized spacial score (nSPS) is 9.62. The molecule has 0 aliphatic carbocycles. The molecule has 0 saturated heterocycles. The fraction of sp³-hybridized carbons (Fsp3) is 0.455. The van der Waals surface area contributed by atoms with Crippen molar-refractivity contribution in [3.8, 4) is 5.75 Å². The molecule has 0 fully saturated rings. The van der Waals surface area contributed by atoms with Gasteiger partial charge in [-0.2, -0.15) is 0 Å². The first-order valence-electron chi connectivity index (χ1n) is 5.16. The summed E-state index contributed by atoms with van der Waals surface area (Å²) in [6, 6.07) is 3.59. The second-order valence-corrected chi connectivity index (χ2v) is 3.04. The van der Waals surface area contributed by atoms with Crippen molar-refractivity contribution in [1.82, 2.24) is 4.98 Å². The highest BCUT2D eigenvalue weighted by atomic mass is 16.5. The van der Waals surface area contributed by atoms with Crippen LogP contribution in [0.25, 0.3) is 0 Å². The van der Waals surface area contributed by atoms with Gasteiger partial charge in [-0.3, -0.25) is 4.79 Å². The van der Waals surface area contributed by atoms with Gasteiger partial charge in [-0.1, -0.05) is 0 Å². The number of rotatable bonds is 6. The zero-order chi connectivity index (χ0) is 11.8. The zero-order valence-electron chi connectivity index (χ0n) is 9.53. The SMILES string of the molecule is CCOC(=O)CCNc1ncccc1OC. The monoisotopic (exact) mass is 224 g/mol. The van der Waals surface area contributed by atoms with Gasteiger partial charge in [-0.15, -0.1) is 0 Å². The van der Waals surface area contributed by atoms with Gasteiger partial charge in [0.1, 0.15) is 0 Å². The minimum Gasteiger partial charge on any atom is -0.493 e. The first-order valence-corrected chi connectivity index (χ1v) is 5.16. The predicted molar refractivity (Wildman–Crippen MR) is 60.5 cm³/mol. The summed E-state index contributed by atoms with van der Waals surface area (Å²) in [4.78, 5) is 15.2. The Morgan fingerprint density at radius 3 is 3.06 bits per heavy atom. The Balaban J connectivity index is 2.39. The van der Waals surface area contributed by atoms with E-state index in [1.54, 1.807) is 32.4 Å². The predicted octanol–water partition coefficient (Wildman–Crippen LogP) is 1.46. The molecule has 5 heteroatoms. The molecule has 0 aliphatic rings. The van der Waals surface area contributed by atoms with Crippen molar-refractivity contribution in [2.75, 3.05) is 25.6 Å². The van der Waals surface area contributed by atoms with Crippen LogP contribution >= 0.6 is 0 Å². The molecular formula is C11H16N2O3. The lowest BCUT2D eigenvalue weighted by atomic mass is 10.4. The van der Waals surface area contributed by atoms with Gasteiger partial charge >= 0.3 is 5.97 Å². The summed E-state index contributed by atoms with van der Waals surface area (Å²) in [6.07, 6.45) is 1.97. The van der Waals surface area contributed by atoms with Crippen molar-refractivity contribution in [1.29, 1.82) is 0 Å². The zero-order valence-corrected chi connectivity index (χ0v) is 9.53. The molecule has 0 atom stereocenters. The number of methoxy groups -OCH3 is 1. The molecule has 0 aliphatic heterocycles. The molecule has 0 aromatic carbocycles. The molecule has 0 amide bonds. The van der Waals surface area contributed by atoms with E-state index in [9.17, 15) is 4.79 Å². The molecular weight excluding hydrogens is 208 g/mol. The van der Waals surface area contributed by atoms with Crippen molar-refractivity contribution in [2.45, 2.75) is 13.3 Å². The van der Waals surface area contributed by atoms with Crippen LogP contribution in [0.4, 0.5) is 5.82 Å². The highest BCUT2D eigenvalue weighted by Crippen LogP contribution is 2.19. The maximum Gasteiger partial charge on any atom is 0.307 e. The van der Waals surface area contributed by atoms with Crippen LogP contribution in [0, 0.1) is 0 Å². The van der Waals surface area contributed by atoms with Crippen molar-refractivity contribution < 1.29 is 14.3 Å². The number of hydrogen-bond acceptors (Lipinski definition) is 5. The average Bonchev–Trinajstić information content (AvgIpc) is 2.30. The molecule has 0 bridgehead atoms. The molecule has 0 saturated carbocycles. The largest absolute Gasteiger partial charge is 0.493 e. The molecule has 1 N–H and O–H groups in total. The minimum absolute atomic E-state index is 0.218. The molecule has 1 aromatic rings. The van der Waals surface area contributed by atoms with E-state index in [2.05, 4.69) is 10.3 Å². The van der Waals surface area contributed by atoms with Gasteiger partial charge in [0.25, 0.3) is 0 Å². The number of anilines is 1.